The van der Waals surface area contributed by atoms with Crippen molar-refractivity contribution in [2.75, 3.05) is 25.2 Å². The molecule has 1 fully saturated rings. The van der Waals surface area contributed by atoms with Gasteiger partial charge < -0.3 is 9.64 Å². The van der Waals surface area contributed by atoms with E-state index in [1.165, 1.54) is 13.3 Å². The van der Waals surface area contributed by atoms with E-state index in [1.54, 1.807) is 23.1 Å². The van der Waals surface area contributed by atoms with Crippen molar-refractivity contribution < 1.29 is 17.9 Å². The summed E-state index contributed by atoms with van der Waals surface area (Å²) in [5, 5.41) is 0. The van der Waals surface area contributed by atoms with E-state index in [2.05, 4.69) is 11.6 Å². The summed E-state index contributed by atoms with van der Waals surface area (Å²) in [6.45, 7) is 3.94. The van der Waals surface area contributed by atoms with E-state index >= 15 is 0 Å². The molecule has 1 aromatic rings. The first kappa shape index (κ1) is 15.5. The Morgan fingerprint density at radius 1 is 1.57 bits per heavy atom. The van der Waals surface area contributed by atoms with Crippen LogP contribution in [0.5, 0.6) is 5.88 Å². The highest BCUT2D eigenvalue weighted by Gasteiger charge is 2.34. The van der Waals surface area contributed by atoms with E-state index in [9.17, 15) is 13.2 Å². The van der Waals surface area contributed by atoms with Crippen molar-refractivity contribution in [3.63, 3.8) is 0 Å². The summed E-state index contributed by atoms with van der Waals surface area (Å²) in [5.41, 5.74) is 0.405. The van der Waals surface area contributed by atoms with Crippen LogP contribution in [0.25, 0.3) is 0 Å². The predicted molar refractivity (Wildman–Crippen MR) is 79.1 cm³/mol. The van der Waals surface area contributed by atoms with Gasteiger partial charge in [0.15, 0.2) is 9.84 Å². The third kappa shape index (κ3) is 3.60. The van der Waals surface area contributed by atoms with Gasteiger partial charge in [-0.15, -0.1) is 6.58 Å². The van der Waals surface area contributed by atoms with Gasteiger partial charge in [0.25, 0.3) is 5.91 Å². The second kappa shape index (κ2) is 6.26. The lowest BCUT2D eigenvalue weighted by Gasteiger charge is -2.27. The maximum atomic E-state index is 12.5. The van der Waals surface area contributed by atoms with Crippen LogP contribution in [0.3, 0.4) is 0 Å². The normalized spacial score (nSPS) is 20.0. The second-order valence-corrected chi connectivity index (χ2v) is 7.12. The van der Waals surface area contributed by atoms with Gasteiger partial charge in [0.1, 0.15) is 0 Å². The van der Waals surface area contributed by atoms with Gasteiger partial charge in [-0.3, -0.25) is 4.79 Å². The number of hydrogen-bond acceptors (Lipinski definition) is 5. The third-order valence-electron chi connectivity index (χ3n) is 3.43. The fourth-order valence-electron chi connectivity index (χ4n) is 2.35. The Balaban J connectivity index is 2.20. The molecule has 0 N–H and O–H groups in total. The molecule has 1 amide bonds. The van der Waals surface area contributed by atoms with Crippen molar-refractivity contribution in [3.8, 4) is 5.88 Å². The molecule has 1 aliphatic heterocycles. The zero-order valence-electron chi connectivity index (χ0n) is 11.9. The number of amides is 1. The lowest BCUT2D eigenvalue weighted by molar-refractivity contribution is 0.0720. The zero-order chi connectivity index (χ0) is 15.5. The van der Waals surface area contributed by atoms with Crippen LogP contribution >= 0.6 is 0 Å². The Bertz CT molecular complexity index is 625. The summed E-state index contributed by atoms with van der Waals surface area (Å²) >= 11 is 0. The number of hydrogen-bond donors (Lipinski definition) is 0. The minimum Gasteiger partial charge on any atom is -0.481 e. The van der Waals surface area contributed by atoms with E-state index in [4.69, 9.17) is 4.74 Å². The number of aromatic nitrogens is 1. The van der Waals surface area contributed by atoms with Crippen LogP contribution in [0.1, 0.15) is 16.8 Å². The molecule has 114 valence electrons. The fourth-order valence-corrected chi connectivity index (χ4v) is 4.08. The molecule has 0 radical (unpaired) electrons. The number of pyridine rings is 1. The lowest BCUT2D eigenvalue weighted by atomic mass is 10.1. The molecule has 2 heterocycles. The average Bonchev–Trinajstić information content (AvgIpc) is 2.84. The first-order valence-corrected chi connectivity index (χ1v) is 8.41. The van der Waals surface area contributed by atoms with Gasteiger partial charge in [-0.25, -0.2) is 13.4 Å². The Hall–Kier alpha value is -1.89. The molecule has 0 aromatic carbocycles. The Labute approximate surface area is 124 Å². The topological polar surface area (TPSA) is 76.6 Å². The lowest BCUT2D eigenvalue weighted by Crippen LogP contribution is -2.41. The van der Waals surface area contributed by atoms with E-state index in [-0.39, 0.29) is 23.5 Å². The molecule has 1 aromatic heterocycles. The predicted octanol–water partition coefficient (Wildman–Crippen LogP) is 0.905. The standard InChI is InChI=1S/C14H18N2O4S/c1-3-7-16(12-6-8-21(18,19)10-12)14(17)11-4-5-13(20-2)15-9-11/h3-5,9,12H,1,6-8,10H2,2H3. The van der Waals surface area contributed by atoms with Gasteiger partial charge in [-0.1, -0.05) is 6.08 Å². The third-order valence-corrected chi connectivity index (χ3v) is 5.18. The molecular formula is C14H18N2O4S. The van der Waals surface area contributed by atoms with E-state index in [0.29, 0.717) is 24.4 Å². The summed E-state index contributed by atoms with van der Waals surface area (Å²) in [6, 6.07) is 2.92. The van der Waals surface area contributed by atoms with Crippen molar-refractivity contribution >= 4 is 15.7 Å². The van der Waals surface area contributed by atoms with Crippen LogP contribution in [0.15, 0.2) is 31.0 Å². The molecule has 7 heteroatoms. The van der Waals surface area contributed by atoms with Gasteiger partial charge in [0.2, 0.25) is 5.88 Å². The van der Waals surface area contributed by atoms with Gasteiger partial charge in [-0.05, 0) is 12.5 Å². The smallest absolute Gasteiger partial charge is 0.255 e. The number of ether oxygens (including phenoxy) is 1. The molecule has 0 aliphatic carbocycles. The molecular weight excluding hydrogens is 292 g/mol. The summed E-state index contributed by atoms with van der Waals surface area (Å²) < 4.78 is 28.2. The van der Waals surface area contributed by atoms with Crippen molar-refractivity contribution in [3.05, 3.63) is 36.5 Å². The number of rotatable bonds is 5. The largest absolute Gasteiger partial charge is 0.481 e. The first-order valence-electron chi connectivity index (χ1n) is 6.59. The SMILES string of the molecule is C=CCN(C(=O)c1ccc(OC)nc1)C1CCS(=O)(=O)C1. The summed E-state index contributed by atoms with van der Waals surface area (Å²) in [4.78, 5) is 18.1. The highest BCUT2D eigenvalue weighted by atomic mass is 32.2. The second-order valence-electron chi connectivity index (χ2n) is 4.89. The first-order chi connectivity index (χ1) is 9.96. The van der Waals surface area contributed by atoms with Crippen LogP contribution in [0.2, 0.25) is 0 Å². The molecule has 6 nitrogen and oxygen atoms in total. The molecule has 1 atom stereocenters. The molecule has 2 rings (SSSR count). The average molecular weight is 310 g/mol. The van der Waals surface area contributed by atoms with Gasteiger partial charge >= 0.3 is 0 Å². The van der Waals surface area contributed by atoms with Gasteiger partial charge in [-0.2, -0.15) is 0 Å². The number of nitrogens with zero attached hydrogens (tertiary/aromatic N) is 2. The molecule has 0 bridgehead atoms. The molecule has 1 aliphatic rings. The monoisotopic (exact) mass is 310 g/mol. The summed E-state index contributed by atoms with van der Waals surface area (Å²) in [6.07, 6.45) is 3.49. The van der Waals surface area contributed by atoms with E-state index in [0.717, 1.165) is 0 Å². The maximum Gasteiger partial charge on any atom is 0.255 e. The minimum atomic E-state index is -3.05. The number of methoxy groups -OCH3 is 1. The molecule has 1 saturated heterocycles. The number of sulfone groups is 1. The van der Waals surface area contributed by atoms with E-state index in [1.807, 2.05) is 0 Å². The quantitative estimate of drug-likeness (QED) is 0.755. The van der Waals surface area contributed by atoms with E-state index < -0.39 is 9.84 Å². The number of carbonyl (C=O) groups is 1. The Morgan fingerprint density at radius 2 is 2.33 bits per heavy atom. The van der Waals surface area contributed by atoms with Crippen LogP contribution in [0, 0.1) is 0 Å². The highest BCUT2D eigenvalue weighted by molar-refractivity contribution is 7.91. The van der Waals surface area contributed by atoms with Crippen molar-refractivity contribution in [2.24, 2.45) is 0 Å². The van der Waals surface area contributed by atoms with Gasteiger partial charge in [0.05, 0.1) is 24.2 Å². The molecule has 21 heavy (non-hydrogen) atoms. The Kier molecular flexibility index (Phi) is 4.62. The Morgan fingerprint density at radius 3 is 2.81 bits per heavy atom. The van der Waals surface area contributed by atoms with Crippen LogP contribution in [-0.4, -0.2) is 55.4 Å². The van der Waals surface area contributed by atoms with Crippen molar-refractivity contribution in [1.82, 2.24) is 9.88 Å². The number of carbonyl (C=O) groups excluding carboxylic acids is 1. The van der Waals surface area contributed by atoms with Crippen LogP contribution in [-0.2, 0) is 9.84 Å². The van der Waals surface area contributed by atoms with Gasteiger partial charge in [0, 0.05) is 24.8 Å². The fraction of sp³-hybridized carbons (Fsp3) is 0.429. The van der Waals surface area contributed by atoms with Crippen LogP contribution < -0.4 is 4.74 Å². The molecule has 1 unspecified atom stereocenters. The van der Waals surface area contributed by atoms with Crippen molar-refractivity contribution in [1.29, 1.82) is 0 Å². The maximum absolute atomic E-state index is 12.5. The molecule has 0 spiro atoms. The minimum absolute atomic E-state index is 0.0101. The summed E-state index contributed by atoms with van der Waals surface area (Å²) in [7, 11) is -1.55. The highest BCUT2D eigenvalue weighted by Crippen LogP contribution is 2.20. The molecule has 0 saturated carbocycles. The van der Waals surface area contributed by atoms with Crippen molar-refractivity contribution in [2.45, 2.75) is 12.5 Å². The summed E-state index contributed by atoms with van der Waals surface area (Å²) in [5.74, 6) is 0.313. The van der Waals surface area contributed by atoms with Crippen LogP contribution in [0.4, 0.5) is 0 Å². The zero-order valence-corrected chi connectivity index (χ0v) is 12.7.